The Labute approximate surface area is 171 Å². The minimum Gasteiger partial charge on any atom is -0.342 e. The van der Waals surface area contributed by atoms with Gasteiger partial charge in [-0.1, -0.05) is 42.5 Å². The lowest BCUT2D eigenvalue weighted by molar-refractivity contribution is -0.924. The predicted octanol–water partition coefficient (Wildman–Crippen LogP) is 1.87. The molecule has 0 saturated carbocycles. The van der Waals surface area contributed by atoms with Crippen LogP contribution in [0.4, 0.5) is 5.95 Å². The molecular weight excluding hydrogens is 362 g/mol. The van der Waals surface area contributed by atoms with Gasteiger partial charge >= 0.3 is 0 Å². The molecule has 150 valence electrons. The van der Waals surface area contributed by atoms with Crippen LogP contribution in [0.3, 0.4) is 0 Å². The lowest BCUT2D eigenvalue weighted by atomic mass is 10.2. The molecule has 1 amide bonds. The van der Waals surface area contributed by atoms with E-state index in [1.54, 1.807) is 0 Å². The Hall–Kier alpha value is -2.86. The highest BCUT2D eigenvalue weighted by molar-refractivity contribution is 5.79. The third kappa shape index (κ3) is 3.72. The Morgan fingerprint density at radius 1 is 0.966 bits per heavy atom. The summed E-state index contributed by atoms with van der Waals surface area (Å²) in [4.78, 5) is 22.8. The maximum absolute atomic E-state index is 11.9. The van der Waals surface area contributed by atoms with Crippen LogP contribution < -0.4 is 9.80 Å². The van der Waals surface area contributed by atoms with Gasteiger partial charge in [0.25, 0.3) is 0 Å². The smallest absolute Gasteiger partial charge is 0.222 e. The van der Waals surface area contributed by atoms with Gasteiger partial charge in [0.1, 0.15) is 0 Å². The Morgan fingerprint density at radius 3 is 2.62 bits per heavy atom. The molecule has 3 aromatic rings. The van der Waals surface area contributed by atoms with Gasteiger partial charge in [0.05, 0.1) is 24.1 Å². The Bertz CT molecular complexity index is 999. The van der Waals surface area contributed by atoms with E-state index in [0.29, 0.717) is 5.91 Å². The number of carbonyl (C=O) groups is 1. The third-order valence-corrected chi connectivity index (χ3v) is 6.06. The van der Waals surface area contributed by atoms with E-state index in [4.69, 9.17) is 4.98 Å². The summed E-state index contributed by atoms with van der Waals surface area (Å²) in [6, 6.07) is 19.0. The number of amides is 1. The number of anilines is 1. The quantitative estimate of drug-likeness (QED) is 0.699. The number of nitrogens with zero attached hydrogens (tertiary/aromatic N) is 4. The van der Waals surface area contributed by atoms with Crippen LogP contribution >= 0.6 is 0 Å². The summed E-state index contributed by atoms with van der Waals surface area (Å²) < 4.78 is 2.36. The average Bonchev–Trinajstić information content (AvgIpc) is 3.33. The fourth-order valence-electron chi connectivity index (χ4n) is 4.62. The summed E-state index contributed by atoms with van der Waals surface area (Å²) in [6.45, 7) is 5.60. The van der Waals surface area contributed by atoms with Gasteiger partial charge in [-0.05, 0) is 24.1 Å². The number of aromatic nitrogens is 2. The van der Waals surface area contributed by atoms with Crippen LogP contribution in [-0.4, -0.2) is 46.7 Å². The Kier molecular flexibility index (Phi) is 4.94. The molecule has 29 heavy (non-hydrogen) atoms. The predicted molar refractivity (Wildman–Crippen MR) is 113 cm³/mol. The number of hydrogen-bond donors (Lipinski definition) is 1. The molecule has 2 aliphatic heterocycles. The average molecular weight is 391 g/mol. The number of nitrogens with one attached hydrogen (secondary N) is 1. The molecule has 1 unspecified atom stereocenters. The topological polar surface area (TPSA) is 45.8 Å². The van der Waals surface area contributed by atoms with Crippen molar-refractivity contribution in [1.82, 2.24) is 14.5 Å². The van der Waals surface area contributed by atoms with E-state index in [2.05, 4.69) is 64.1 Å². The van der Waals surface area contributed by atoms with Gasteiger partial charge in [0.2, 0.25) is 11.9 Å². The van der Waals surface area contributed by atoms with Crippen molar-refractivity contribution >= 4 is 22.9 Å². The van der Waals surface area contributed by atoms with Crippen molar-refractivity contribution in [2.45, 2.75) is 32.5 Å². The standard InChI is InChI=1S/C23H27N5O/c29-22-12-6-14-26(22)15-7-13-25-17-27(16-19-8-2-1-3-9-19)23-24-20-10-4-5-11-21(20)28(23)18-25/h1-5,8-11H,6-7,12-18H2/p+1. The molecular formula is C23H28N5O+. The van der Waals surface area contributed by atoms with Crippen molar-refractivity contribution in [3.05, 3.63) is 60.2 Å². The van der Waals surface area contributed by atoms with Crippen molar-refractivity contribution in [3.63, 3.8) is 0 Å². The lowest BCUT2D eigenvalue weighted by Crippen LogP contribution is -3.14. The van der Waals surface area contributed by atoms with Crippen molar-refractivity contribution in [2.24, 2.45) is 0 Å². The van der Waals surface area contributed by atoms with E-state index >= 15 is 0 Å². The Morgan fingerprint density at radius 2 is 1.79 bits per heavy atom. The largest absolute Gasteiger partial charge is 0.342 e. The monoisotopic (exact) mass is 390 g/mol. The minimum atomic E-state index is 0.326. The summed E-state index contributed by atoms with van der Waals surface area (Å²) in [5, 5.41) is 0. The highest BCUT2D eigenvalue weighted by atomic mass is 16.2. The number of fused-ring (bicyclic) bond motifs is 3. The van der Waals surface area contributed by atoms with Crippen molar-refractivity contribution in [1.29, 1.82) is 0 Å². The zero-order chi connectivity index (χ0) is 19.6. The molecule has 0 bridgehead atoms. The number of imidazole rings is 1. The molecule has 1 aromatic heterocycles. The highest BCUT2D eigenvalue weighted by Gasteiger charge is 2.29. The maximum atomic E-state index is 11.9. The highest BCUT2D eigenvalue weighted by Crippen LogP contribution is 2.24. The van der Waals surface area contributed by atoms with E-state index in [9.17, 15) is 4.79 Å². The number of likely N-dealkylation sites (tertiary alicyclic amines) is 1. The number of hydrogen-bond acceptors (Lipinski definition) is 3. The van der Waals surface area contributed by atoms with Crippen LogP contribution in [0, 0.1) is 0 Å². The van der Waals surface area contributed by atoms with Gasteiger partial charge in [0, 0.05) is 25.9 Å². The molecule has 0 radical (unpaired) electrons. The molecule has 6 heteroatoms. The molecule has 0 spiro atoms. The normalized spacial score (nSPS) is 19.2. The SMILES string of the molecule is O=C1CCCN1CCC[NH+]1CN(Cc2ccccc2)c2nc3ccccc3n2C1. The molecule has 3 heterocycles. The zero-order valence-corrected chi connectivity index (χ0v) is 16.8. The number of quaternary nitrogens is 1. The van der Waals surface area contributed by atoms with Gasteiger partial charge in [0.15, 0.2) is 13.3 Å². The fourth-order valence-corrected chi connectivity index (χ4v) is 4.62. The second-order valence-corrected chi connectivity index (χ2v) is 8.17. The second kappa shape index (κ2) is 7.87. The first-order valence-corrected chi connectivity index (χ1v) is 10.6. The van der Waals surface area contributed by atoms with Gasteiger partial charge in [-0.3, -0.25) is 14.3 Å². The second-order valence-electron chi connectivity index (χ2n) is 8.17. The van der Waals surface area contributed by atoms with E-state index in [0.717, 1.165) is 70.2 Å². The van der Waals surface area contributed by atoms with Crippen LogP contribution in [0.5, 0.6) is 0 Å². The molecule has 0 aliphatic carbocycles. The van der Waals surface area contributed by atoms with Crippen LogP contribution in [-0.2, 0) is 18.0 Å². The van der Waals surface area contributed by atoms with Gasteiger partial charge in [-0.25, -0.2) is 4.98 Å². The van der Waals surface area contributed by atoms with Gasteiger partial charge in [-0.15, -0.1) is 0 Å². The summed E-state index contributed by atoms with van der Waals surface area (Å²) in [5.41, 5.74) is 3.56. The van der Waals surface area contributed by atoms with E-state index in [1.165, 1.54) is 16.0 Å². The summed E-state index contributed by atoms with van der Waals surface area (Å²) in [5.74, 6) is 1.39. The molecule has 2 aliphatic rings. The number of benzene rings is 2. The zero-order valence-electron chi connectivity index (χ0n) is 16.8. The van der Waals surface area contributed by atoms with Crippen LogP contribution in [0.15, 0.2) is 54.6 Å². The van der Waals surface area contributed by atoms with E-state index in [1.807, 2.05) is 4.90 Å². The van der Waals surface area contributed by atoms with Crippen LogP contribution in [0.25, 0.3) is 11.0 Å². The summed E-state index contributed by atoms with van der Waals surface area (Å²) in [6.07, 6.45) is 2.79. The molecule has 5 rings (SSSR count). The first-order chi connectivity index (χ1) is 14.3. The van der Waals surface area contributed by atoms with Crippen molar-refractivity contribution < 1.29 is 9.69 Å². The molecule has 1 fully saturated rings. The van der Waals surface area contributed by atoms with Crippen molar-refractivity contribution in [2.75, 3.05) is 31.2 Å². The molecule has 1 saturated heterocycles. The van der Waals surface area contributed by atoms with Gasteiger partial charge in [-0.2, -0.15) is 0 Å². The first kappa shape index (κ1) is 18.2. The summed E-state index contributed by atoms with van der Waals surface area (Å²) >= 11 is 0. The van der Waals surface area contributed by atoms with Crippen molar-refractivity contribution in [3.8, 4) is 0 Å². The third-order valence-electron chi connectivity index (χ3n) is 6.06. The number of para-hydroxylation sites is 2. The minimum absolute atomic E-state index is 0.326. The lowest BCUT2D eigenvalue weighted by Gasteiger charge is -2.34. The summed E-state index contributed by atoms with van der Waals surface area (Å²) in [7, 11) is 0. The molecule has 6 nitrogen and oxygen atoms in total. The Balaban J connectivity index is 1.35. The van der Waals surface area contributed by atoms with E-state index in [-0.39, 0.29) is 0 Å². The van der Waals surface area contributed by atoms with Crippen LogP contribution in [0.1, 0.15) is 24.8 Å². The fraction of sp³-hybridized carbons (Fsp3) is 0.391. The first-order valence-electron chi connectivity index (χ1n) is 10.6. The molecule has 1 atom stereocenters. The van der Waals surface area contributed by atoms with E-state index < -0.39 is 0 Å². The maximum Gasteiger partial charge on any atom is 0.222 e. The number of carbonyl (C=O) groups excluding carboxylic acids is 1. The number of rotatable bonds is 6. The van der Waals surface area contributed by atoms with Crippen LogP contribution in [0.2, 0.25) is 0 Å². The molecule has 2 aromatic carbocycles. The molecule has 1 N–H and O–H groups in total. The van der Waals surface area contributed by atoms with Gasteiger partial charge < -0.3 is 9.80 Å².